The number of anilines is 1. The first-order chi connectivity index (χ1) is 16.0. The first-order valence-corrected chi connectivity index (χ1v) is 13.1. The molecule has 172 valence electrons. The van der Waals surface area contributed by atoms with Gasteiger partial charge in [-0.25, -0.2) is 4.98 Å². The third-order valence-electron chi connectivity index (χ3n) is 6.37. The number of nitrogens with one attached hydrogen (secondary N) is 1. The first kappa shape index (κ1) is 22.1. The topological polar surface area (TPSA) is 107 Å². The van der Waals surface area contributed by atoms with Gasteiger partial charge >= 0.3 is 0 Å². The van der Waals surface area contributed by atoms with E-state index >= 15 is 0 Å². The summed E-state index contributed by atoms with van der Waals surface area (Å²) in [6, 6.07) is 5.86. The van der Waals surface area contributed by atoms with Crippen LogP contribution in [0, 0.1) is 10.1 Å². The number of benzene rings is 1. The molecule has 0 radical (unpaired) electrons. The second-order valence-electron chi connectivity index (χ2n) is 8.54. The van der Waals surface area contributed by atoms with Gasteiger partial charge in [-0.15, -0.1) is 11.3 Å². The smallest absolute Gasteiger partial charge is 0.269 e. The van der Waals surface area contributed by atoms with Crippen LogP contribution < -0.4 is 10.9 Å². The lowest BCUT2D eigenvalue weighted by Crippen LogP contribution is -2.27. The Balaban J connectivity index is 1.40. The van der Waals surface area contributed by atoms with Crippen molar-refractivity contribution in [1.82, 2.24) is 9.55 Å². The maximum Gasteiger partial charge on any atom is 0.269 e. The molecule has 0 bridgehead atoms. The summed E-state index contributed by atoms with van der Waals surface area (Å²) in [6.45, 7) is 0. The number of hydrogen-bond donors (Lipinski definition) is 1. The Bertz CT molecular complexity index is 1280. The van der Waals surface area contributed by atoms with Crippen LogP contribution in [0.4, 0.5) is 11.4 Å². The number of hydrogen-bond acceptors (Lipinski definition) is 7. The molecule has 1 fully saturated rings. The molecule has 2 aliphatic rings. The lowest BCUT2D eigenvalue weighted by Gasteiger charge is -2.18. The molecule has 0 atom stereocenters. The number of carbonyl (C=O) groups excluding carboxylic acids is 1. The predicted molar refractivity (Wildman–Crippen MR) is 130 cm³/mol. The van der Waals surface area contributed by atoms with E-state index in [0.29, 0.717) is 10.8 Å². The molecule has 2 aromatic heterocycles. The van der Waals surface area contributed by atoms with E-state index < -0.39 is 4.92 Å². The number of carbonyl (C=O) groups is 1. The number of amides is 1. The van der Waals surface area contributed by atoms with Crippen molar-refractivity contribution < 1.29 is 9.72 Å². The zero-order chi connectivity index (χ0) is 22.9. The van der Waals surface area contributed by atoms with Crippen LogP contribution in [0.25, 0.3) is 10.2 Å². The number of non-ortho nitro benzene ring substituents is 1. The Morgan fingerprint density at radius 1 is 1.18 bits per heavy atom. The summed E-state index contributed by atoms with van der Waals surface area (Å²) >= 11 is 2.91. The second kappa shape index (κ2) is 9.26. The number of thioether (sulfide) groups is 1. The van der Waals surface area contributed by atoms with Crippen molar-refractivity contribution in [3.63, 3.8) is 0 Å². The van der Waals surface area contributed by atoms with E-state index in [0.717, 1.165) is 61.6 Å². The van der Waals surface area contributed by atoms with Gasteiger partial charge in [-0.1, -0.05) is 24.6 Å². The molecule has 1 N–H and O–H groups in total. The highest BCUT2D eigenvalue weighted by atomic mass is 32.2. The van der Waals surface area contributed by atoms with Crippen molar-refractivity contribution in [2.45, 2.75) is 62.6 Å². The number of nitro benzene ring substituents is 1. The zero-order valence-corrected chi connectivity index (χ0v) is 19.7. The van der Waals surface area contributed by atoms with Crippen LogP contribution in [0.3, 0.4) is 0 Å². The molecule has 1 aromatic carbocycles. The number of nitrogens with zero attached hydrogens (tertiary/aromatic N) is 3. The van der Waals surface area contributed by atoms with Gasteiger partial charge in [0.05, 0.1) is 16.1 Å². The fourth-order valence-electron chi connectivity index (χ4n) is 4.78. The van der Waals surface area contributed by atoms with Crippen molar-refractivity contribution in [2.75, 3.05) is 11.1 Å². The molecule has 1 amide bonds. The van der Waals surface area contributed by atoms with Crippen LogP contribution in [0.2, 0.25) is 0 Å². The van der Waals surface area contributed by atoms with Gasteiger partial charge in [-0.3, -0.25) is 24.3 Å². The fourth-order valence-corrected chi connectivity index (χ4v) is 6.95. The van der Waals surface area contributed by atoms with Crippen molar-refractivity contribution in [1.29, 1.82) is 0 Å². The minimum Gasteiger partial charge on any atom is -0.325 e. The third-order valence-corrected chi connectivity index (χ3v) is 8.51. The van der Waals surface area contributed by atoms with Gasteiger partial charge < -0.3 is 5.32 Å². The summed E-state index contributed by atoms with van der Waals surface area (Å²) in [4.78, 5) is 43.5. The van der Waals surface area contributed by atoms with Crippen molar-refractivity contribution in [3.8, 4) is 0 Å². The summed E-state index contributed by atoms with van der Waals surface area (Å²) in [5.74, 6) is -0.140. The summed E-state index contributed by atoms with van der Waals surface area (Å²) in [5, 5.41) is 15.0. The molecule has 0 unspecified atom stereocenters. The normalized spacial score (nSPS) is 16.1. The van der Waals surface area contributed by atoms with Gasteiger partial charge in [0.1, 0.15) is 4.83 Å². The second-order valence-corrected chi connectivity index (χ2v) is 10.6. The van der Waals surface area contributed by atoms with Crippen molar-refractivity contribution in [3.05, 3.63) is 55.2 Å². The van der Waals surface area contributed by atoms with Crippen LogP contribution in [-0.2, 0) is 17.6 Å². The van der Waals surface area contributed by atoms with Crippen LogP contribution in [0.5, 0.6) is 0 Å². The van der Waals surface area contributed by atoms with E-state index in [4.69, 9.17) is 4.98 Å². The summed E-state index contributed by atoms with van der Waals surface area (Å²) in [5.41, 5.74) is 1.70. The Morgan fingerprint density at radius 3 is 2.64 bits per heavy atom. The Kier molecular flexibility index (Phi) is 6.20. The van der Waals surface area contributed by atoms with Gasteiger partial charge in [0.2, 0.25) is 5.91 Å². The summed E-state index contributed by atoms with van der Waals surface area (Å²) in [7, 11) is 0. The van der Waals surface area contributed by atoms with E-state index in [1.807, 2.05) is 4.57 Å². The van der Waals surface area contributed by atoms with Crippen LogP contribution in [-0.4, -0.2) is 26.1 Å². The average Bonchev–Trinajstić information content (AvgIpc) is 3.46. The number of rotatable bonds is 6. The Hall–Kier alpha value is -2.72. The predicted octanol–water partition coefficient (Wildman–Crippen LogP) is 5.09. The minimum atomic E-state index is -0.478. The number of thiophene rings is 1. The van der Waals surface area contributed by atoms with E-state index in [2.05, 4.69) is 5.32 Å². The quantitative estimate of drug-likeness (QED) is 0.226. The molecule has 2 aliphatic carbocycles. The molecule has 8 nitrogen and oxygen atoms in total. The van der Waals surface area contributed by atoms with Gasteiger partial charge in [0.15, 0.2) is 5.16 Å². The molecule has 0 aliphatic heterocycles. The molecule has 0 spiro atoms. The zero-order valence-electron chi connectivity index (χ0n) is 18.0. The Labute approximate surface area is 198 Å². The fraction of sp³-hybridized carbons (Fsp3) is 0.435. The Morgan fingerprint density at radius 2 is 1.91 bits per heavy atom. The minimum absolute atomic E-state index is 0.0286. The molecule has 33 heavy (non-hydrogen) atoms. The van der Waals surface area contributed by atoms with Crippen LogP contribution in [0.15, 0.2) is 34.2 Å². The lowest BCUT2D eigenvalue weighted by atomic mass is 9.97. The number of nitro groups is 1. The molecule has 2 heterocycles. The van der Waals surface area contributed by atoms with Crippen LogP contribution >= 0.6 is 23.1 Å². The maximum absolute atomic E-state index is 13.7. The molecule has 3 aromatic rings. The van der Waals surface area contributed by atoms with E-state index in [1.54, 1.807) is 11.3 Å². The highest BCUT2D eigenvalue weighted by Gasteiger charge is 2.27. The molecular formula is C23H24N4O4S2. The van der Waals surface area contributed by atoms with Crippen molar-refractivity contribution >= 4 is 50.6 Å². The molecule has 0 saturated heterocycles. The van der Waals surface area contributed by atoms with Crippen LogP contribution in [0.1, 0.15) is 55.0 Å². The molecule has 5 rings (SSSR count). The molecule has 1 saturated carbocycles. The SMILES string of the molecule is O=C(CSc1nc2sc3c(c2c(=O)n1C1CCCC1)CCCC3)Nc1ccc([N+](=O)[O-])cc1. The average molecular weight is 485 g/mol. The van der Waals surface area contributed by atoms with E-state index in [9.17, 15) is 19.7 Å². The highest BCUT2D eigenvalue weighted by molar-refractivity contribution is 7.99. The highest BCUT2D eigenvalue weighted by Crippen LogP contribution is 2.37. The number of fused-ring (bicyclic) bond motifs is 3. The largest absolute Gasteiger partial charge is 0.325 e. The number of aryl methyl sites for hydroxylation is 2. The summed E-state index contributed by atoms with van der Waals surface area (Å²) < 4.78 is 1.85. The monoisotopic (exact) mass is 484 g/mol. The van der Waals surface area contributed by atoms with E-state index in [1.165, 1.54) is 46.5 Å². The van der Waals surface area contributed by atoms with Gasteiger partial charge in [0.25, 0.3) is 11.2 Å². The molecular weight excluding hydrogens is 460 g/mol. The van der Waals surface area contributed by atoms with Gasteiger partial charge in [-0.05, 0) is 56.2 Å². The maximum atomic E-state index is 13.7. The third kappa shape index (κ3) is 4.41. The van der Waals surface area contributed by atoms with Gasteiger partial charge in [0, 0.05) is 28.7 Å². The van der Waals surface area contributed by atoms with E-state index in [-0.39, 0.29) is 28.9 Å². The standard InChI is InChI=1S/C23H24N4O4S2/c28-19(24-14-9-11-16(12-10-14)27(30)31)13-32-23-25-21-20(17-7-3-4-8-18(17)33-21)22(29)26(23)15-5-1-2-6-15/h9-12,15H,1-8,13H2,(H,24,28). The number of aromatic nitrogens is 2. The van der Waals surface area contributed by atoms with Gasteiger partial charge in [-0.2, -0.15) is 0 Å². The van der Waals surface area contributed by atoms with Crippen molar-refractivity contribution in [2.24, 2.45) is 0 Å². The summed E-state index contributed by atoms with van der Waals surface area (Å²) in [6.07, 6.45) is 8.34. The molecule has 10 heteroatoms. The first-order valence-electron chi connectivity index (χ1n) is 11.2. The lowest BCUT2D eigenvalue weighted by molar-refractivity contribution is -0.384.